The Morgan fingerprint density at radius 2 is 1.73 bits per heavy atom. The summed E-state index contributed by atoms with van der Waals surface area (Å²) >= 11 is 18.4. The molecule has 3 nitrogen and oxygen atoms in total. The molecular weight excluding hydrogens is 393 g/mol. The van der Waals surface area contributed by atoms with Crippen molar-refractivity contribution in [3.05, 3.63) is 56.5 Å². The molecule has 0 aliphatic carbocycles. The number of methoxy groups -OCH3 is 1. The SMILES string of the molecule is CCCCCNCc1cc(OC)c(OCc2ccc(Cl)c(Cl)c2)cc1Cl. The van der Waals surface area contributed by atoms with Crippen LogP contribution in [-0.4, -0.2) is 13.7 Å². The molecule has 0 unspecified atom stereocenters. The van der Waals surface area contributed by atoms with E-state index in [4.69, 9.17) is 44.3 Å². The number of hydrogen-bond acceptors (Lipinski definition) is 3. The van der Waals surface area contributed by atoms with Gasteiger partial charge in [-0.1, -0.05) is 60.6 Å². The van der Waals surface area contributed by atoms with Crippen LogP contribution >= 0.6 is 34.8 Å². The Hall–Kier alpha value is -1.13. The molecule has 2 aromatic rings. The fourth-order valence-electron chi connectivity index (χ4n) is 2.50. The maximum absolute atomic E-state index is 6.41. The van der Waals surface area contributed by atoms with Crippen LogP contribution in [0.15, 0.2) is 30.3 Å². The van der Waals surface area contributed by atoms with Crippen LogP contribution in [0.25, 0.3) is 0 Å². The molecular formula is C20H24Cl3NO2. The highest BCUT2D eigenvalue weighted by Crippen LogP contribution is 2.34. The Bertz CT molecular complexity index is 722. The number of nitrogens with one attached hydrogen (secondary N) is 1. The molecule has 0 aliphatic heterocycles. The average Bonchev–Trinajstić information content (AvgIpc) is 2.63. The topological polar surface area (TPSA) is 30.5 Å². The van der Waals surface area contributed by atoms with Crippen LogP contribution in [0.2, 0.25) is 15.1 Å². The summed E-state index contributed by atoms with van der Waals surface area (Å²) in [5, 5.41) is 5.08. The molecule has 2 aromatic carbocycles. The number of halogens is 3. The number of unbranched alkanes of at least 4 members (excludes halogenated alkanes) is 2. The van der Waals surface area contributed by atoms with Crippen molar-refractivity contribution < 1.29 is 9.47 Å². The van der Waals surface area contributed by atoms with Crippen molar-refractivity contribution in [2.45, 2.75) is 39.3 Å². The van der Waals surface area contributed by atoms with E-state index in [-0.39, 0.29) is 0 Å². The van der Waals surface area contributed by atoms with Crippen molar-refractivity contribution in [2.75, 3.05) is 13.7 Å². The molecule has 0 atom stereocenters. The molecule has 0 aromatic heterocycles. The molecule has 1 N–H and O–H groups in total. The summed E-state index contributed by atoms with van der Waals surface area (Å²) in [5.74, 6) is 1.25. The van der Waals surface area contributed by atoms with Crippen molar-refractivity contribution in [3.8, 4) is 11.5 Å². The van der Waals surface area contributed by atoms with E-state index in [9.17, 15) is 0 Å². The first-order valence-electron chi connectivity index (χ1n) is 8.69. The lowest BCUT2D eigenvalue weighted by Crippen LogP contribution is -2.15. The van der Waals surface area contributed by atoms with Gasteiger partial charge >= 0.3 is 0 Å². The minimum Gasteiger partial charge on any atom is -0.493 e. The van der Waals surface area contributed by atoms with Crippen LogP contribution in [0.4, 0.5) is 0 Å². The number of hydrogen-bond donors (Lipinski definition) is 1. The molecule has 0 fully saturated rings. The minimum absolute atomic E-state index is 0.345. The van der Waals surface area contributed by atoms with E-state index in [0.717, 1.165) is 24.1 Å². The predicted octanol–water partition coefficient (Wildman–Crippen LogP) is 6.51. The van der Waals surface area contributed by atoms with Crippen LogP contribution < -0.4 is 14.8 Å². The third-order valence-corrected chi connectivity index (χ3v) is 5.07. The van der Waals surface area contributed by atoms with Gasteiger partial charge in [0.05, 0.1) is 17.2 Å². The number of ether oxygens (including phenoxy) is 2. The normalized spacial score (nSPS) is 10.8. The summed E-state index contributed by atoms with van der Waals surface area (Å²) in [6.45, 7) is 4.21. The molecule has 0 saturated carbocycles. The van der Waals surface area contributed by atoms with E-state index in [2.05, 4.69) is 12.2 Å². The van der Waals surface area contributed by atoms with Crippen LogP contribution in [0, 0.1) is 0 Å². The van der Waals surface area contributed by atoms with Crippen LogP contribution in [-0.2, 0) is 13.2 Å². The molecule has 0 amide bonds. The first-order chi connectivity index (χ1) is 12.5. The van der Waals surface area contributed by atoms with Gasteiger partial charge in [0.25, 0.3) is 0 Å². The maximum atomic E-state index is 6.41. The fraction of sp³-hybridized carbons (Fsp3) is 0.400. The quantitative estimate of drug-likeness (QED) is 0.447. The minimum atomic E-state index is 0.345. The molecule has 6 heteroatoms. The Labute approximate surface area is 170 Å². The summed E-state index contributed by atoms with van der Waals surface area (Å²) in [6, 6.07) is 9.11. The van der Waals surface area contributed by atoms with E-state index >= 15 is 0 Å². The number of rotatable bonds is 10. The van der Waals surface area contributed by atoms with Gasteiger partial charge in [0.15, 0.2) is 11.5 Å². The van der Waals surface area contributed by atoms with E-state index in [1.54, 1.807) is 25.3 Å². The van der Waals surface area contributed by atoms with Crippen molar-refractivity contribution in [1.29, 1.82) is 0 Å². The first kappa shape index (κ1) is 21.2. The largest absolute Gasteiger partial charge is 0.493 e. The lowest BCUT2D eigenvalue weighted by Gasteiger charge is -2.14. The van der Waals surface area contributed by atoms with Gasteiger partial charge in [-0.25, -0.2) is 0 Å². The molecule has 26 heavy (non-hydrogen) atoms. The monoisotopic (exact) mass is 415 g/mol. The van der Waals surface area contributed by atoms with Crippen molar-refractivity contribution in [2.24, 2.45) is 0 Å². The second-order valence-corrected chi connectivity index (χ2v) is 7.24. The summed E-state index contributed by atoms with van der Waals surface area (Å²) in [4.78, 5) is 0. The summed E-state index contributed by atoms with van der Waals surface area (Å²) < 4.78 is 11.3. The highest BCUT2D eigenvalue weighted by Gasteiger charge is 2.11. The molecule has 0 saturated heterocycles. The molecule has 0 bridgehead atoms. The van der Waals surface area contributed by atoms with Crippen LogP contribution in [0.5, 0.6) is 11.5 Å². The molecule has 0 heterocycles. The van der Waals surface area contributed by atoms with Gasteiger partial charge in [-0.3, -0.25) is 0 Å². The summed E-state index contributed by atoms with van der Waals surface area (Å²) in [5.41, 5.74) is 1.90. The van der Waals surface area contributed by atoms with Gasteiger partial charge in [-0.2, -0.15) is 0 Å². The van der Waals surface area contributed by atoms with Gasteiger partial charge in [-0.15, -0.1) is 0 Å². The van der Waals surface area contributed by atoms with Crippen molar-refractivity contribution >= 4 is 34.8 Å². The van der Waals surface area contributed by atoms with Gasteiger partial charge in [0.2, 0.25) is 0 Å². The second-order valence-electron chi connectivity index (χ2n) is 6.02. The lowest BCUT2D eigenvalue weighted by molar-refractivity contribution is 0.284. The smallest absolute Gasteiger partial charge is 0.163 e. The van der Waals surface area contributed by atoms with Crippen LogP contribution in [0.3, 0.4) is 0 Å². The van der Waals surface area contributed by atoms with Crippen molar-refractivity contribution in [3.63, 3.8) is 0 Å². The second kappa shape index (κ2) is 10.9. The first-order valence-corrected chi connectivity index (χ1v) is 9.82. The predicted molar refractivity (Wildman–Crippen MR) is 110 cm³/mol. The van der Waals surface area contributed by atoms with E-state index < -0.39 is 0 Å². The number of benzene rings is 2. The van der Waals surface area contributed by atoms with Crippen molar-refractivity contribution in [1.82, 2.24) is 5.32 Å². The molecule has 2 rings (SSSR count). The fourth-order valence-corrected chi connectivity index (χ4v) is 3.04. The Morgan fingerprint density at radius 1 is 0.923 bits per heavy atom. The van der Waals surface area contributed by atoms with Gasteiger partial charge < -0.3 is 14.8 Å². The van der Waals surface area contributed by atoms with E-state index in [1.165, 1.54) is 12.8 Å². The van der Waals surface area contributed by atoms with Gasteiger partial charge in [0, 0.05) is 17.6 Å². The Morgan fingerprint density at radius 3 is 2.42 bits per heavy atom. The molecule has 0 spiro atoms. The highest BCUT2D eigenvalue weighted by atomic mass is 35.5. The van der Waals surface area contributed by atoms with E-state index in [0.29, 0.717) is 39.7 Å². The standard InChI is InChI=1S/C20H24Cl3NO2/c1-3-4-5-8-24-12-15-10-19(25-2)20(11-17(15)22)26-13-14-6-7-16(21)18(23)9-14/h6-7,9-11,24H,3-5,8,12-13H2,1-2H3. The molecule has 0 radical (unpaired) electrons. The van der Waals surface area contributed by atoms with Crippen LogP contribution in [0.1, 0.15) is 37.3 Å². The third-order valence-electron chi connectivity index (χ3n) is 3.98. The Kier molecular flexibility index (Phi) is 8.86. The molecule has 0 aliphatic rings. The Balaban J connectivity index is 2.01. The lowest BCUT2D eigenvalue weighted by atomic mass is 10.2. The zero-order valence-electron chi connectivity index (χ0n) is 15.1. The van der Waals surface area contributed by atoms with Gasteiger partial charge in [0.1, 0.15) is 6.61 Å². The average molecular weight is 417 g/mol. The zero-order valence-corrected chi connectivity index (χ0v) is 17.3. The summed E-state index contributed by atoms with van der Waals surface area (Å²) in [7, 11) is 1.62. The third kappa shape index (κ3) is 6.24. The molecule has 142 valence electrons. The zero-order chi connectivity index (χ0) is 18.9. The maximum Gasteiger partial charge on any atom is 0.163 e. The van der Waals surface area contributed by atoms with E-state index in [1.807, 2.05) is 12.1 Å². The van der Waals surface area contributed by atoms with Gasteiger partial charge in [-0.05, 0) is 42.3 Å². The summed E-state index contributed by atoms with van der Waals surface area (Å²) in [6.07, 6.45) is 3.60. The highest BCUT2D eigenvalue weighted by molar-refractivity contribution is 6.42.